The molecule has 0 aliphatic heterocycles. The SMILES string of the molecule is O=S(=O)(O)CC(F)C=C(F)F. The summed E-state index contributed by atoms with van der Waals surface area (Å²) in [4.78, 5) is 0. The Morgan fingerprint density at radius 3 is 2.27 bits per heavy atom. The molecule has 1 N–H and O–H groups in total. The highest BCUT2D eigenvalue weighted by atomic mass is 32.2. The average Bonchev–Trinajstić information content (AvgIpc) is 1.53. The van der Waals surface area contributed by atoms with Gasteiger partial charge in [-0.3, -0.25) is 4.55 Å². The van der Waals surface area contributed by atoms with E-state index in [9.17, 15) is 21.6 Å². The fraction of sp³-hybridized carbons (Fsp3) is 0.500. The molecular weight excluding hydrogens is 185 g/mol. The smallest absolute Gasteiger partial charge is 0.269 e. The predicted octanol–water partition coefficient (Wildman–Crippen LogP) is 0.993. The van der Waals surface area contributed by atoms with Crippen molar-refractivity contribution in [2.75, 3.05) is 5.75 Å². The molecule has 0 spiro atoms. The fourth-order valence-corrected chi connectivity index (χ4v) is 0.885. The third kappa shape index (κ3) is 7.34. The van der Waals surface area contributed by atoms with E-state index in [2.05, 4.69) is 0 Å². The van der Waals surface area contributed by atoms with Crippen LogP contribution < -0.4 is 0 Å². The Labute approximate surface area is 61.3 Å². The Morgan fingerprint density at radius 1 is 1.55 bits per heavy atom. The van der Waals surface area contributed by atoms with Gasteiger partial charge in [0.25, 0.3) is 16.2 Å². The van der Waals surface area contributed by atoms with Crippen LogP contribution in [0, 0.1) is 0 Å². The molecule has 66 valence electrons. The summed E-state index contributed by atoms with van der Waals surface area (Å²) in [6.07, 6.45) is -4.87. The van der Waals surface area contributed by atoms with Gasteiger partial charge in [0, 0.05) is 6.08 Å². The van der Waals surface area contributed by atoms with Crippen LogP contribution in [0.2, 0.25) is 0 Å². The number of alkyl halides is 1. The van der Waals surface area contributed by atoms with Crippen molar-refractivity contribution in [3.8, 4) is 0 Å². The lowest BCUT2D eigenvalue weighted by atomic mass is 10.4. The van der Waals surface area contributed by atoms with Crippen LogP contribution in [0.1, 0.15) is 0 Å². The van der Waals surface area contributed by atoms with E-state index in [1.807, 2.05) is 0 Å². The zero-order valence-electron chi connectivity index (χ0n) is 5.17. The molecule has 0 saturated heterocycles. The zero-order chi connectivity index (χ0) is 9.07. The number of halogens is 3. The first-order chi connectivity index (χ1) is 4.81. The molecule has 0 aromatic carbocycles. The van der Waals surface area contributed by atoms with Crippen molar-refractivity contribution in [3.63, 3.8) is 0 Å². The number of allylic oxidation sites excluding steroid dienone is 1. The van der Waals surface area contributed by atoms with Crippen LogP contribution in [-0.4, -0.2) is 24.9 Å². The second-order valence-corrected chi connectivity index (χ2v) is 3.22. The molecule has 0 aromatic heterocycles. The molecule has 0 radical (unpaired) electrons. The van der Waals surface area contributed by atoms with Crippen molar-refractivity contribution in [3.05, 3.63) is 12.2 Å². The summed E-state index contributed by atoms with van der Waals surface area (Å²) < 4.78 is 62.2. The second kappa shape index (κ2) is 3.72. The summed E-state index contributed by atoms with van der Waals surface area (Å²) >= 11 is 0. The van der Waals surface area contributed by atoms with Crippen LogP contribution in [0.4, 0.5) is 13.2 Å². The fourth-order valence-electron chi connectivity index (χ4n) is 0.386. The van der Waals surface area contributed by atoms with Crippen LogP contribution in [-0.2, 0) is 10.1 Å². The molecule has 0 aliphatic carbocycles. The summed E-state index contributed by atoms with van der Waals surface area (Å²) in [7, 11) is -4.52. The summed E-state index contributed by atoms with van der Waals surface area (Å²) in [5.74, 6) is -1.34. The van der Waals surface area contributed by atoms with Crippen molar-refractivity contribution in [1.29, 1.82) is 0 Å². The predicted molar refractivity (Wildman–Crippen MR) is 31.6 cm³/mol. The zero-order valence-corrected chi connectivity index (χ0v) is 5.98. The van der Waals surface area contributed by atoms with E-state index in [1.165, 1.54) is 0 Å². The van der Waals surface area contributed by atoms with E-state index < -0.39 is 28.1 Å². The van der Waals surface area contributed by atoms with Gasteiger partial charge in [0.15, 0.2) is 0 Å². The van der Waals surface area contributed by atoms with Crippen molar-refractivity contribution in [2.24, 2.45) is 0 Å². The molecule has 7 heteroatoms. The Balaban J connectivity index is 4.11. The van der Waals surface area contributed by atoms with Gasteiger partial charge in [0.05, 0.1) is 0 Å². The molecule has 0 bridgehead atoms. The van der Waals surface area contributed by atoms with Crippen molar-refractivity contribution >= 4 is 10.1 Å². The van der Waals surface area contributed by atoms with Crippen LogP contribution in [0.25, 0.3) is 0 Å². The van der Waals surface area contributed by atoms with E-state index in [1.54, 1.807) is 0 Å². The lowest BCUT2D eigenvalue weighted by Crippen LogP contribution is -2.14. The molecular formula is C4H5F3O3S. The first-order valence-corrected chi connectivity index (χ1v) is 4.04. The Bertz CT molecular complexity index is 241. The Kier molecular flexibility index (Phi) is 3.53. The molecule has 0 aliphatic rings. The summed E-state index contributed by atoms with van der Waals surface area (Å²) in [5, 5.41) is 0. The first kappa shape index (κ1) is 10.4. The number of rotatable bonds is 3. The van der Waals surface area contributed by atoms with Gasteiger partial charge in [0.2, 0.25) is 0 Å². The summed E-state index contributed by atoms with van der Waals surface area (Å²) in [6.45, 7) is 0. The van der Waals surface area contributed by atoms with Gasteiger partial charge in [-0.1, -0.05) is 0 Å². The largest absolute Gasteiger partial charge is 0.285 e. The Hall–Kier alpha value is -0.560. The lowest BCUT2D eigenvalue weighted by Gasteiger charge is -1.96. The highest BCUT2D eigenvalue weighted by Crippen LogP contribution is 2.04. The van der Waals surface area contributed by atoms with Crippen molar-refractivity contribution < 1.29 is 26.1 Å². The highest BCUT2D eigenvalue weighted by molar-refractivity contribution is 7.85. The lowest BCUT2D eigenvalue weighted by molar-refractivity contribution is 0.371. The van der Waals surface area contributed by atoms with Gasteiger partial charge in [-0.05, 0) is 0 Å². The van der Waals surface area contributed by atoms with Gasteiger partial charge < -0.3 is 0 Å². The van der Waals surface area contributed by atoms with Gasteiger partial charge in [-0.15, -0.1) is 0 Å². The maximum Gasteiger partial charge on any atom is 0.269 e. The average molecular weight is 190 g/mol. The molecule has 1 atom stereocenters. The molecule has 0 saturated carbocycles. The van der Waals surface area contributed by atoms with Crippen molar-refractivity contribution in [2.45, 2.75) is 6.17 Å². The van der Waals surface area contributed by atoms with Gasteiger partial charge >= 0.3 is 0 Å². The third-order valence-corrected chi connectivity index (χ3v) is 1.42. The molecule has 0 heterocycles. The number of hydrogen-bond acceptors (Lipinski definition) is 2. The molecule has 11 heavy (non-hydrogen) atoms. The molecule has 0 fully saturated rings. The molecule has 0 amide bonds. The standard InChI is InChI=1S/C4H5F3O3S/c5-3(1-4(6)7)2-11(8,9)10/h1,3H,2H2,(H,8,9,10). The van der Waals surface area contributed by atoms with E-state index >= 15 is 0 Å². The molecule has 0 rings (SSSR count). The van der Waals surface area contributed by atoms with Gasteiger partial charge in [-0.2, -0.15) is 17.2 Å². The van der Waals surface area contributed by atoms with Gasteiger partial charge in [-0.25, -0.2) is 4.39 Å². The normalized spacial score (nSPS) is 14.2. The Morgan fingerprint density at radius 2 is 2.00 bits per heavy atom. The minimum atomic E-state index is -4.52. The van der Waals surface area contributed by atoms with Crippen molar-refractivity contribution in [1.82, 2.24) is 0 Å². The topological polar surface area (TPSA) is 54.4 Å². The van der Waals surface area contributed by atoms with E-state index in [0.717, 1.165) is 0 Å². The molecule has 1 unspecified atom stereocenters. The van der Waals surface area contributed by atoms with Crippen LogP contribution in [0.5, 0.6) is 0 Å². The summed E-state index contributed by atoms with van der Waals surface area (Å²) in [6, 6.07) is 0. The molecule has 3 nitrogen and oxygen atoms in total. The second-order valence-electron chi connectivity index (χ2n) is 1.72. The first-order valence-electron chi connectivity index (χ1n) is 2.43. The van der Waals surface area contributed by atoms with E-state index in [4.69, 9.17) is 4.55 Å². The van der Waals surface area contributed by atoms with E-state index in [-0.39, 0.29) is 6.08 Å². The maximum absolute atomic E-state index is 12.1. The molecule has 0 aromatic rings. The van der Waals surface area contributed by atoms with Crippen LogP contribution in [0.15, 0.2) is 12.2 Å². The van der Waals surface area contributed by atoms with Crippen LogP contribution >= 0.6 is 0 Å². The summed E-state index contributed by atoms with van der Waals surface area (Å²) in [5.41, 5.74) is 0. The van der Waals surface area contributed by atoms with Crippen LogP contribution in [0.3, 0.4) is 0 Å². The monoisotopic (exact) mass is 190 g/mol. The minimum Gasteiger partial charge on any atom is -0.285 e. The van der Waals surface area contributed by atoms with Gasteiger partial charge in [0.1, 0.15) is 11.9 Å². The third-order valence-electron chi connectivity index (χ3n) is 0.677. The maximum atomic E-state index is 12.1. The highest BCUT2D eigenvalue weighted by Gasteiger charge is 2.14. The minimum absolute atomic E-state index is 0.187. The number of hydrogen-bond donors (Lipinski definition) is 1. The quantitative estimate of drug-likeness (QED) is 0.675. The van der Waals surface area contributed by atoms with E-state index in [0.29, 0.717) is 0 Å².